The first-order chi connectivity index (χ1) is 11.6. The zero-order chi connectivity index (χ0) is 17.7. The van der Waals surface area contributed by atoms with Crippen molar-refractivity contribution in [2.75, 3.05) is 51.8 Å². The highest BCUT2D eigenvalue weighted by molar-refractivity contribution is 8.04. The quantitative estimate of drug-likeness (QED) is 0.236. The highest BCUT2D eigenvalue weighted by Crippen LogP contribution is 2.44. The largest absolute Gasteiger partial charge is 0.179 e. The minimum absolute atomic E-state index is 0.550. The van der Waals surface area contributed by atoms with Gasteiger partial charge in [0.2, 0.25) is 0 Å². The third-order valence-electron chi connectivity index (χ3n) is 4.79. The first kappa shape index (κ1) is 24.1. The van der Waals surface area contributed by atoms with E-state index in [1.54, 1.807) is 0 Å². The Morgan fingerprint density at radius 3 is 2.00 bits per heavy atom. The van der Waals surface area contributed by atoms with Crippen LogP contribution in [0.1, 0.15) is 39.5 Å². The van der Waals surface area contributed by atoms with Crippen LogP contribution in [0.25, 0.3) is 0 Å². The number of hydrogen-bond acceptors (Lipinski definition) is 6. The van der Waals surface area contributed by atoms with Gasteiger partial charge in [0.1, 0.15) is 0 Å². The van der Waals surface area contributed by atoms with Crippen molar-refractivity contribution < 1.29 is 0 Å². The van der Waals surface area contributed by atoms with E-state index in [9.17, 15) is 0 Å². The molecule has 6 heteroatoms. The van der Waals surface area contributed by atoms with Crippen molar-refractivity contribution >= 4 is 72.3 Å². The molecule has 0 N–H and O–H groups in total. The van der Waals surface area contributed by atoms with E-state index < -0.39 is 0 Å². The molecule has 0 saturated heterocycles. The van der Waals surface area contributed by atoms with Crippen molar-refractivity contribution in [1.29, 1.82) is 0 Å². The molecule has 1 rings (SSSR count). The summed E-state index contributed by atoms with van der Waals surface area (Å²) in [6.45, 7) is 5.00. The van der Waals surface area contributed by atoms with Gasteiger partial charge in [-0.15, -0.1) is 0 Å². The molecule has 1 unspecified atom stereocenters. The molecule has 0 aliphatic heterocycles. The lowest BCUT2D eigenvalue weighted by Crippen LogP contribution is -2.31. The van der Waals surface area contributed by atoms with Gasteiger partial charge in [0, 0.05) is 39.3 Å². The van der Waals surface area contributed by atoms with E-state index in [2.05, 4.69) is 74.4 Å². The second kappa shape index (κ2) is 15.1. The van der Waals surface area contributed by atoms with Crippen molar-refractivity contribution in [3.05, 3.63) is 0 Å². The predicted molar refractivity (Wildman–Crippen MR) is 132 cm³/mol. The summed E-state index contributed by atoms with van der Waals surface area (Å²) in [5, 5.41) is 0. The Balaban J connectivity index is 2.10. The molecule has 1 atom stereocenters. The molecule has 0 heterocycles. The van der Waals surface area contributed by atoms with Crippen molar-refractivity contribution in [2.24, 2.45) is 11.8 Å². The number of thioether (sulfide) groups is 4. The summed E-state index contributed by atoms with van der Waals surface area (Å²) in [5.41, 5.74) is 0. The van der Waals surface area contributed by atoms with Crippen LogP contribution in [0.3, 0.4) is 0 Å². The summed E-state index contributed by atoms with van der Waals surface area (Å²) >= 11 is 17.0. The fourth-order valence-electron chi connectivity index (χ4n) is 3.17. The molecular formula is C18H36S6. The molecular weight excluding hydrogens is 409 g/mol. The highest BCUT2D eigenvalue weighted by atomic mass is 32.2. The average molecular weight is 445 g/mol. The Kier molecular flexibility index (Phi) is 15.2. The Morgan fingerprint density at radius 2 is 1.42 bits per heavy atom. The molecule has 0 nitrogen and oxygen atoms in total. The first-order valence-corrected chi connectivity index (χ1v) is 14.9. The van der Waals surface area contributed by atoms with E-state index in [0.717, 1.165) is 23.3 Å². The van der Waals surface area contributed by atoms with Gasteiger partial charge in [-0.2, -0.15) is 72.3 Å². The van der Waals surface area contributed by atoms with Gasteiger partial charge in [0.15, 0.2) is 0 Å². The molecule has 0 aromatic carbocycles. The maximum absolute atomic E-state index is 4.28. The van der Waals surface area contributed by atoms with E-state index in [1.807, 2.05) is 11.8 Å². The number of thiol groups is 2. The van der Waals surface area contributed by atoms with Gasteiger partial charge in [-0.1, -0.05) is 13.8 Å². The number of hydrogen-bond donors (Lipinski definition) is 2. The fourth-order valence-corrected chi connectivity index (χ4v) is 8.18. The van der Waals surface area contributed by atoms with Crippen LogP contribution in [0.5, 0.6) is 0 Å². The lowest BCUT2D eigenvalue weighted by Gasteiger charge is -2.39. The van der Waals surface area contributed by atoms with Crippen molar-refractivity contribution in [2.45, 2.75) is 44.3 Å². The van der Waals surface area contributed by atoms with Gasteiger partial charge in [-0.05, 0) is 54.8 Å². The maximum Gasteiger partial charge on any atom is 0.0132 e. The minimum Gasteiger partial charge on any atom is -0.179 e. The molecule has 1 saturated carbocycles. The molecule has 144 valence electrons. The van der Waals surface area contributed by atoms with Crippen LogP contribution in [-0.4, -0.2) is 56.5 Å². The van der Waals surface area contributed by atoms with Crippen LogP contribution in [0.15, 0.2) is 0 Å². The topological polar surface area (TPSA) is 0 Å². The normalized spacial score (nSPS) is 25.8. The van der Waals surface area contributed by atoms with E-state index in [4.69, 9.17) is 0 Å². The average Bonchev–Trinajstić information content (AvgIpc) is 2.58. The standard InChI is InChI=1S/C18H36S6/c1-16(15-23-12-11-21-9-7-19)17-3-5-18(2,6-4-17)24-14-13-22-10-8-20/h16-17,19-20H,3-15H2,1-2H3. The lowest BCUT2D eigenvalue weighted by molar-refractivity contribution is 0.254. The first-order valence-electron chi connectivity index (χ1n) is 9.20. The molecule has 24 heavy (non-hydrogen) atoms. The lowest BCUT2D eigenvalue weighted by atomic mass is 9.77. The summed E-state index contributed by atoms with van der Waals surface area (Å²) in [6.07, 6.45) is 5.74. The predicted octanol–water partition coefficient (Wildman–Crippen LogP) is 6.36. The van der Waals surface area contributed by atoms with E-state index in [-0.39, 0.29) is 0 Å². The monoisotopic (exact) mass is 444 g/mol. The maximum atomic E-state index is 4.28. The Hall–Kier alpha value is 2.10. The third-order valence-corrected chi connectivity index (χ3v) is 11.1. The van der Waals surface area contributed by atoms with Crippen LogP contribution in [0.4, 0.5) is 0 Å². The van der Waals surface area contributed by atoms with E-state index >= 15 is 0 Å². The summed E-state index contributed by atoms with van der Waals surface area (Å²) in [5.74, 6) is 12.9. The van der Waals surface area contributed by atoms with Gasteiger partial charge in [-0.25, -0.2) is 0 Å². The van der Waals surface area contributed by atoms with Crippen molar-refractivity contribution in [3.63, 3.8) is 0 Å². The summed E-state index contributed by atoms with van der Waals surface area (Å²) < 4.78 is 0.550. The van der Waals surface area contributed by atoms with Crippen LogP contribution in [0.2, 0.25) is 0 Å². The van der Waals surface area contributed by atoms with Crippen molar-refractivity contribution in [1.82, 2.24) is 0 Å². The van der Waals surface area contributed by atoms with Gasteiger partial charge in [-0.3, -0.25) is 0 Å². The molecule has 1 aliphatic carbocycles. The summed E-state index contributed by atoms with van der Waals surface area (Å²) in [7, 11) is 0. The van der Waals surface area contributed by atoms with Crippen LogP contribution < -0.4 is 0 Å². The molecule has 1 aliphatic rings. The fraction of sp³-hybridized carbons (Fsp3) is 1.00. The molecule has 0 radical (unpaired) electrons. The Labute approximate surface area is 179 Å². The minimum atomic E-state index is 0.550. The Bertz CT molecular complexity index is 291. The molecule has 0 aromatic rings. The van der Waals surface area contributed by atoms with Crippen LogP contribution >= 0.6 is 72.3 Å². The smallest absolute Gasteiger partial charge is 0.0132 e. The van der Waals surface area contributed by atoms with Crippen molar-refractivity contribution in [3.8, 4) is 0 Å². The second-order valence-corrected chi connectivity index (χ2v) is 13.0. The SMILES string of the molecule is CC(CSCCSCCS)C1CCC(C)(SCCSCCS)CC1. The van der Waals surface area contributed by atoms with Gasteiger partial charge in [0.05, 0.1) is 0 Å². The zero-order valence-electron chi connectivity index (χ0n) is 15.4. The molecule has 0 aromatic heterocycles. The van der Waals surface area contributed by atoms with E-state index in [0.29, 0.717) is 4.75 Å². The highest BCUT2D eigenvalue weighted by Gasteiger charge is 2.33. The molecule has 0 bridgehead atoms. The van der Waals surface area contributed by atoms with Gasteiger partial charge < -0.3 is 0 Å². The van der Waals surface area contributed by atoms with Gasteiger partial charge >= 0.3 is 0 Å². The van der Waals surface area contributed by atoms with Crippen LogP contribution in [-0.2, 0) is 0 Å². The Morgan fingerprint density at radius 1 is 0.875 bits per heavy atom. The number of rotatable bonds is 14. The summed E-state index contributed by atoms with van der Waals surface area (Å²) in [6, 6.07) is 0. The van der Waals surface area contributed by atoms with Crippen LogP contribution in [0, 0.1) is 11.8 Å². The molecule has 0 spiro atoms. The summed E-state index contributed by atoms with van der Waals surface area (Å²) in [4.78, 5) is 0. The zero-order valence-corrected chi connectivity index (χ0v) is 20.4. The van der Waals surface area contributed by atoms with Gasteiger partial charge in [0.25, 0.3) is 0 Å². The third kappa shape index (κ3) is 11.1. The second-order valence-electron chi connectivity index (χ2n) is 6.86. The molecule has 0 amide bonds. The molecule has 1 fully saturated rings. The van der Waals surface area contributed by atoms with E-state index in [1.165, 1.54) is 66.0 Å².